The average molecular weight is 334 g/mol. The molecule has 5 nitrogen and oxygen atoms in total. The second-order valence-electron chi connectivity index (χ2n) is 6.00. The number of carbonyl (C=O) groups is 1. The molecule has 1 amide bonds. The molecule has 0 bridgehead atoms. The summed E-state index contributed by atoms with van der Waals surface area (Å²) in [4.78, 5) is 14.0. The molecule has 1 aromatic heterocycles. The molecule has 23 heavy (non-hydrogen) atoms. The van der Waals surface area contributed by atoms with Crippen molar-refractivity contribution in [3.63, 3.8) is 0 Å². The minimum Gasteiger partial charge on any atom is -0.361 e. The number of hydrogen-bond donors (Lipinski definition) is 1. The first-order valence-electron chi connectivity index (χ1n) is 7.63. The largest absolute Gasteiger partial charge is 0.361 e. The fraction of sp³-hybridized carbons (Fsp3) is 0.412. The molecule has 6 heteroatoms. The van der Waals surface area contributed by atoms with Gasteiger partial charge < -0.3 is 14.7 Å². The van der Waals surface area contributed by atoms with E-state index in [0.29, 0.717) is 18.0 Å². The number of aryl methyl sites for hydroxylation is 2. The Labute approximate surface area is 140 Å². The van der Waals surface area contributed by atoms with Crippen molar-refractivity contribution in [3.8, 4) is 0 Å². The molecule has 1 aliphatic heterocycles. The van der Waals surface area contributed by atoms with Gasteiger partial charge in [-0.05, 0) is 31.5 Å². The van der Waals surface area contributed by atoms with Crippen LogP contribution in [0.3, 0.4) is 0 Å². The Balaban J connectivity index is 1.79. The molecule has 0 unspecified atom stereocenters. The van der Waals surface area contributed by atoms with E-state index in [-0.39, 0.29) is 18.0 Å². The van der Waals surface area contributed by atoms with Crippen LogP contribution in [-0.2, 0) is 11.3 Å². The van der Waals surface area contributed by atoms with Gasteiger partial charge in [0.05, 0.1) is 11.7 Å². The molecule has 2 atom stereocenters. The Morgan fingerprint density at radius 3 is 2.65 bits per heavy atom. The topological polar surface area (TPSA) is 58.4 Å². The third-order valence-electron chi connectivity index (χ3n) is 4.52. The fourth-order valence-electron chi connectivity index (χ4n) is 3.16. The van der Waals surface area contributed by atoms with Gasteiger partial charge in [-0.3, -0.25) is 4.79 Å². The van der Waals surface area contributed by atoms with Gasteiger partial charge in [-0.2, -0.15) is 0 Å². The summed E-state index contributed by atoms with van der Waals surface area (Å²) in [5, 5.41) is 8.16. The monoisotopic (exact) mass is 333 g/mol. The van der Waals surface area contributed by atoms with Gasteiger partial charge in [0.1, 0.15) is 5.76 Å². The molecule has 1 saturated heterocycles. The van der Waals surface area contributed by atoms with Crippen LogP contribution in [0, 0.1) is 13.8 Å². The molecule has 122 valence electrons. The molecule has 1 fully saturated rings. The van der Waals surface area contributed by atoms with Crippen LogP contribution in [0.5, 0.6) is 0 Å². The maximum absolute atomic E-state index is 12.2. The number of nitrogens with zero attached hydrogens (tertiary/aromatic N) is 2. The van der Waals surface area contributed by atoms with E-state index < -0.39 is 0 Å². The van der Waals surface area contributed by atoms with Gasteiger partial charge >= 0.3 is 0 Å². The lowest BCUT2D eigenvalue weighted by Crippen LogP contribution is -2.35. The van der Waals surface area contributed by atoms with Gasteiger partial charge in [-0.25, -0.2) is 0 Å². The van der Waals surface area contributed by atoms with Crippen molar-refractivity contribution in [2.24, 2.45) is 0 Å². The normalized spacial score (nSPS) is 21.2. The maximum Gasteiger partial charge on any atom is 0.224 e. The number of nitrogens with one attached hydrogen (secondary N) is 1. The molecule has 2 heterocycles. The molecule has 1 aliphatic rings. The van der Waals surface area contributed by atoms with Crippen molar-refractivity contribution in [1.82, 2.24) is 15.4 Å². The van der Waals surface area contributed by atoms with E-state index in [4.69, 9.17) is 16.1 Å². The van der Waals surface area contributed by atoms with Gasteiger partial charge in [0, 0.05) is 36.6 Å². The molecule has 0 aliphatic carbocycles. The van der Waals surface area contributed by atoms with Crippen LogP contribution in [0.1, 0.15) is 35.0 Å². The second-order valence-corrected chi connectivity index (χ2v) is 6.43. The second kappa shape index (κ2) is 6.34. The van der Waals surface area contributed by atoms with E-state index >= 15 is 0 Å². The first-order chi connectivity index (χ1) is 11.0. The van der Waals surface area contributed by atoms with Crippen molar-refractivity contribution < 1.29 is 9.32 Å². The Bertz CT molecular complexity index is 692. The molecule has 2 aromatic rings. The minimum atomic E-state index is 0.000221. The maximum atomic E-state index is 12.2. The van der Waals surface area contributed by atoms with Crippen LogP contribution >= 0.6 is 11.6 Å². The Hall–Kier alpha value is -1.85. The highest BCUT2D eigenvalue weighted by Gasteiger charge is 2.38. The summed E-state index contributed by atoms with van der Waals surface area (Å²) in [7, 11) is 1.85. The number of hydrogen-bond acceptors (Lipinski definition) is 4. The van der Waals surface area contributed by atoms with Crippen LogP contribution in [-0.4, -0.2) is 29.1 Å². The number of aromatic nitrogens is 1. The van der Waals surface area contributed by atoms with E-state index in [9.17, 15) is 4.79 Å². The Kier molecular flexibility index (Phi) is 4.41. The lowest BCUT2D eigenvalue weighted by atomic mass is 10.00. The Morgan fingerprint density at radius 2 is 2.04 bits per heavy atom. The molecule has 1 N–H and O–H groups in total. The van der Waals surface area contributed by atoms with E-state index in [1.54, 1.807) is 4.90 Å². The zero-order chi connectivity index (χ0) is 16.6. The molecule has 0 spiro atoms. The zero-order valence-electron chi connectivity index (χ0n) is 13.5. The fourth-order valence-corrected chi connectivity index (χ4v) is 3.28. The van der Waals surface area contributed by atoms with E-state index in [1.807, 2.05) is 45.2 Å². The lowest BCUT2D eigenvalue weighted by molar-refractivity contribution is -0.127. The van der Waals surface area contributed by atoms with Crippen LogP contribution in [0.25, 0.3) is 0 Å². The number of halogens is 1. The summed E-state index contributed by atoms with van der Waals surface area (Å²) in [6, 6.07) is 7.72. The van der Waals surface area contributed by atoms with Crippen LogP contribution in [0.4, 0.5) is 0 Å². The van der Waals surface area contributed by atoms with Crippen LogP contribution in [0.15, 0.2) is 28.8 Å². The zero-order valence-corrected chi connectivity index (χ0v) is 14.2. The number of amides is 1. The smallest absolute Gasteiger partial charge is 0.224 e. The van der Waals surface area contributed by atoms with Crippen molar-refractivity contribution in [1.29, 1.82) is 0 Å². The van der Waals surface area contributed by atoms with Crippen molar-refractivity contribution in [2.75, 3.05) is 7.05 Å². The first kappa shape index (κ1) is 16.0. The predicted octanol–water partition coefficient (Wildman–Crippen LogP) is 3.01. The summed E-state index contributed by atoms with van der Waals surface area (Å²) in [6.45, 7) is 4.47. The van der Waals surface area contributed by atoms with Gasteiger partial charge in [0.15, 0.2) is 0 Å². The highest BCUT2D eigenvalue weighted by molar-refractivity contribution is 6.30. The van der Waals surface area contributed by atoms with Crippen LogP contribution < -0.4 is 5.32 Å². The highest BCUT2D eigenvalue weighted by Crippen LogP contribution is 2.32. The number of benzene rings is 1. The van der Waals surface area contributed by atoms with E-state index in [0.717, 1.165) is 22.6 Å². The standard InChI is InChI=1S/C17H20ClN3O2/c1-10-14(11(2)23-20-10)9-19-15-8-16(22)21(3)17(15)12-4-6-13(18)7-5-12/h4-7,15,17,19H,8-9H2,1-3H3/t15-,17+/m0/s1. The van der Waals surface area contributed by atoms with Gasteiger partial charge in [-0.1, -0.05) is 28.9 Å². The Morgan fingerprint density at radius 1 is 1.35 bits per heavy atom. The summed E-state index contributed by atoms with van der Waals surface area (Å²) >= 11 is 5.97. The molecule has 0 radical (unpaired) electrons. The summed E-state index contributed by atoms with van der Waals surface area (Å²) in [5.41, 5.74) is 3.02. The van der Waals surface area contributed by atoms with Crippen LogP contribution in [0.2, 0.25) is 5.02 Å². The number of likely N-dealkylation sites (N-methyl/N-ethyl adjacent to an activating group) is 1. The molecule has 0 saturated carbocycles. The van der Waals surface area contributed by atoms with E-state index in [2.05, 4.69) is 10.5 Å². The SMILES string of the molecule is Cc1noc(C)c1CN[C@H]1CC(=O)N(C)[C@@H]1c1ccc(Cl)cc1. The summed E-state index contributed by atoms with van der Waals surface area (Å²) in [5.74, 6) is 0.955. The van der Waals surface area contributed by atoms with Gasteiger partial charge in [0.25, 0.3) is 0 Å². The molecule has 3 rings (SSSR count). The van der Waals surface area contributed by atoms with Crippen molar-refractivity contribution in [3.05, 3.63) is 51.9 Å². The average Bonchev–Trinajstić information content (AvgIpc) is 2.99. The molecular formula is C17H20ClN3O2. The first-order valence-corrected chi connectivity index (χ1v) is 8.01. The summed E-state index contributed by atoms with van der Waals surface area (Å²) < 4.78 is 5.20. The van der Waals surface area contributed by atoms with Crippen molar-refractivity contribution in [2.45, 2.75) is 38.9 Å². The highest BCUT2D eigenvalue weighted by atomic mass is 35.5. The van der Waals surface area contributed by atoms with Crippen molar-refractivity contribution >= 4 is 17.5 Å². The molecule has 1 aromatic carbocycles. The third kappa shape index (κ3) is 3.12. The summed E-state index contributed by atoms with van der Waals surface area (Å²) in [6.07, 6.45) is 0.479. The minimum absolute atomic E-state index is 0.000221. The quantitative estimate of drug-likeness (QED) is 0.934. The van der Waals surface area contributed by atoms with Gasteiger partial charge in [-0.15, -0.1) is 0 Å². The number of rotatable bonds is 4. The lowest BCUT2D eigenvalue weighted by Gasteiger charge is -2.26. The number of carbonyl (C=O) groups excluding carboxylic acids is 1. The predicted molar refractivity (Wildman–Crippen MR) is 88.2 cm³/mol. The van der Waals surface area contributed by atoms with E-state index in [1.165, 1.54) is 0 Å². The third-order valence-corrected chi connectivity index (χ3v) is 4.77. The molecular weight excluding hydrogens is 314 g/mol. The van der Waals surface area contributed by atoms with Gasteiger partial charge in [0.2, 0.25) is 5.91 Å². The number of likely N-dealkylation sites (tertiary alicyclic amines) is 1.